The zero-order valence-corrected chi connectivity index (χ0v) is 15.3. The van der Waals surface area contributed by atoms with Crippen LogP contribution < -0.4 is 16.0 Å². The van der Waals surface area contributed by atoms with Crippen LogP contribution in [0.2, 0.25) is 0 Å². The molecule has 140 valence electrons. The van der Waals surface area contributed by atoms with Gasteiger partial charge in [0.25, 0.3) is 0 Å². The minimum Gasteiger partial charge on any atom is -0.368 e. The van der Waals surface area contributed by atoms with Gasteiger partial charge in [0.05, 0.1) is 17.3 Å². The van der Waals surface area contributed by atoms with Crippen molar-refractivity contribution in [1.82, 2.24) is 5.32 Å². The van der Waals surface area contributed by atoms with Crippen molar-refractivity contribution in [3.05, 3.63) is 53.8 Å². The SMILES string of the molecule is CCC(N)C(=O)NC1CCN(c2ccc(-c3ccc(F)cc3)cc2C#N)C1. The lowest BCUT2D eigenvalue weighted by Crippen LogP contribution is -2.46. The van der Waals surface area contributed by atoms with Crippen LogP contribution in [0.1, 0.15) is 25.3 Å². The highest BCUT2D eigenvalue weighted by atomic mass is 19.1. The van der Waals surface area contributed by atoms with Gasteiger partial charge in [-0.25, -0.2) is 4.39 Å². The van der Waals surface area contributed by atoms with Gasteiger partial charge in [-0.1, -0.05) is 25.1 Å². The molecule has 0 radical (unpaired) electrons. The normalized spacial score (nSPS) is 17.4. The molecule has 1 fully saturated rings. The summed E-state index contributed by atoms with van der Waals surface area (Å²) in [7, 11) is 0. The van der Waals surface area contributed by atoms with Gasteiger partial charge < -0.3 is 16.0 Å². The van der Waals surface area contributed by atoms with Crippen LogP contribution in [0.25, 0.3) is 11.1 Å². The number of nitrogens with two attached hydrogens (primary N) is 1. The molecule has 6 heteroatoms. The fourth-order valence-corrected chi connectivity index (χ4v) is 3.31. The van der Waals surface area contributed by atoms with E-state index in [9.17, 15) is 14.4 Å². The average molecular weight is 366 g/mol. The van der Waals surface area contributed by atoms with Crippen molar-refractivity contribution >= 4 is 11.6 Å². The van der Waals surface area contributed by atoms with E-state index in [1.165, 1.54) is 12.1 Å². The number of amides is 1. The van der Waals surface area contributed by atoms with Crippen LogP contribution in [-0.4, -0.2) is 31.1 Å². The van der Waals surface area contributed by atoms with Gasteiger partial charge in [0, 0.05) is 19.1 Å². The van der Waals surface area contributed by atoms with Gasteiger partial charge in [-0.15, -0.1) is 0 Å². The van der Waals surface area contributed by atoms with Crippen LogP contribution in [0.5, 0.6) is 0 Å². The third-order valence-electron chi connectivity index (χ3n) is 4.95. The highest BCUT2D eigenvalue weighted by Crippen LogP contribution is 2.29. The Hall–Kier alpha value is -2.91. The van der Waals surface area contributed by atoms with Crippen molar-refractivity contribution in [2.75, 3.05) is 18.0 Å². The van der Waals surface area contributed by atoms with E-state index in [2.05, 4.69) is 16.3 Å². The summed E-state index contributed by atoms with van der Waals surface area (Å²) in [5.41, 5.74) is 8.92. The first-order valence-corrected chi connectivity index (χ1v) is 9.12. The molecular weight excluding hydrogens is 343 g/mol. The van der Waals surface area contributed by atoms with Gasteiger partial charge in [-0.2, -0.15) is 5.26 Å². The minimum absolute atomic E-state index is 0.0263. The summed E-state index contributed by atoms with van der Waals surface area (Å²) in [4.78, 5) is 14.1. The molecule has 3 rings (SSSR count). The van der Waals surface area contributed by atoms with Crippen LogP contribution >= 0.6 is 0 Å². The molecule has 1 aliphatic rings. The standard InChI is InChI=1S/C21H23FN4O/c1-2-19(24)21(27)25-18-9-10-26(13-18)20-8-5-15(11-16(20)12-23)14-3-6-17(22)7-4-14/h3-8,11,18-19H,2,9-10,13,24H2,1H3,(H,25,27). The van der Waals surface area contributed by atoms with Crippen molar-refractivity contribution in [1.29, 1.82) is 5.26 Å². The summed E-state index contributed by atoms with van der Waals surface area (Å²) < 4.78 is 13.1. The number of nitriles is 1. The highest BCUT2D eigenvalue weighted by molar-refractivity contribution is 5.82. The molecule has 5 nitrogen and oxygen atoms in total. The Morgan fingerprint density at radius 2 is 2.04 bits per heavy atom. The molecule has 0 aromatic heterocycles. The van der Waals surface area contributed by atoms with Gasteiger partial charge in [0.15, 0.2) is 0 Å². The molecule has 0 saturated carbocycles. The van der Waals surface area contributed by atoms with E-state index in [1.807, 2.05) is 25.1 Å². The largest absolute Gasteiger partial charge is 0.368 e. The number of hydrogen-bond acceptors (Lipinski definition) is 4. The maximum atomic E-state index is 13.1. The molecule has 1 aliphatic heterocycles. The molecule has 3 N–H and O–H groups in total. The number of anilines is 1. The summed E-state index contributed by atoms with van der Waals surface area (Å²) in [6, 6.07) is 13.7. The Kier molecular flexibility index (Phi) is 5.72. The summed E-state index contributed by atoms with van der Waals surface area (Å²) in [6.07, 6.45) is 1.42. The highest BCUT2D eigenvalue weighted by Gasteiger charge is 2.26. The first kappa shape index (κ1) is 18.9. The van der Waals surface area contributed by atoms with E-state index < -0.39 is 6.04 Å². The number of nitrogens with one attached hydrogen (secondary N) is 1. The second-order valence-electron chi connectivity index (χ2n) is 6.81. The Bertz CT molecular complexity index is 859. The van der Waals surface area contributed by atoms with Gasteiger partial charge >= 0.3 is 0 Å². The molecule has 0 aliphatic carbocycles. The maximum absolute atomic E-state index is 13.1. The lowest BCUT2D eigenvalue weighted by atomic mass is 10.0. The van der Waals surface area contributed by atoms with Crippen LogP contribution in [0.15, 0.2) is 42.5 Å². The summed E-state index contributed by atoms with van der Waals surface area (Å²) in [6.45, 7) is 3.29. The number of rotatable bonds is 5. The molecular formula is C21H23FN4O. The molecule has 0 spiro atoms. The molecule has 1 saturated heterocycles. The lowest BCUT2D eigenvalue weighted by molar-refractivity contribution is -0.123. The van der Waals surface area contributed by atoms with E-state index in [-0.39, 0.29) is 17.8 Å². The number of benzene rings is 2. The Morgan fingerprint density at radius 3 is 2.70 bits per heavy atom. The average Bonchev–Trinajstić information content (AvgIpc) is 3.15. The third kappa shape index (κ3) is 4.26. The van der Waals surface area contributed by atoms with Crippen molar-refractivity contribution in [3.8, 4) is 17.2 Å². The maximum Gasteiger partial charge on any atom is 0.237 e. The van der Waals surface area contributed by atoms with Crippen molar-refractivity contribution in [2.45, 2.75) is 31.8 Å². The minimum atomic E-state index is -0.483. The molecule has 1 amide bonds. The second kappa shape index (κ2) is 8.19. The number of carbonyl (C=O) groups excluding carboxylic acids is 1. The molecule has 2 aromatic carbocycles. The molecule has 2 aromatic rings. The summed E-state index contributed by atoms with van der Waals surface area (Å²) >= 11 is 0. The topological polar surface area (TPSA) is 82.2 Å². The Labute approximate surface area is 158 Å². The van der Waals surface area contributed by atoms with E-state index in [4.69, 9.17) is 5.73 Å². The zero-order chi connectivity index (χ0) is 19.4. The number of nitrogens with zero attached hydrogens (tertiary/aromatic N) is 2. The molecule has 2 unspecified atom stereocenters. The third-order valence-corrected chi connectivity index (χ3v) is 4.95. The zero-order valence-electron chi connectivity index (χ0n) is 15.3. The molecule has 1 heterocycles. The van der Waals surface area contributed by atoms with Crippen molar-refractivity contribution in [2.24, 2.45) is 5.73 Å². The summed E-state index contributed by atoms with van der Waals surface area (Å²) in [5.74, 6) is -0.416. The smallest absolute Gasteiger partial charge is 0.237 e. The van der Waals surface area contributed by atoms with Gasteiger partial charge in [0.2, 0.25) is 5.91 Å². The van der Waals surface area contributed by atoms with Gasteiger partial charge in [-0.05, 0) is 48.2 Å². The summed E-state index contributed by atoms with van der Waals surface area (Å²) in [5, 5.41) is 12.6. The van der Waals surface area contributed by atoms with E-state index in [1.54, 1.807) is 12.1 Å². The van der Waals surface area contributed by atoms with E-state index >= 15 is 0 Å². The van der Waals surface area contributed by atoms with Gasteiger partial charge in [0.1, 0.15) is 11.9 Å². The number of halogens is 1. The first-order valence-electron chi connectivity index (χ1n) is 9.12. The fourth-order valence-electron chi connectivity index (χ4n) is 3.31. The molecule has 2 atom stereocenters. The quantitative estimate of drug-likeness (QED) is 0.852. The Morgan fingerprint density at radius 1 is 1.33 bits per heavy atom. The monoisotopic (exact) mass is 366 g/mol. The predicted molar refractivity (Wildman–Crippen MR) is 104 cm³/mol. The van der Waals surface area contributed by atoms with E-state index in [0.717, 1.165) is 29.8 Å². The number of carbonyl (C=O) groups is 1. The first-order chi connectivity index (χ1) is 13.0. The fraction of sp³-hybridized carbons (Fsp3) is 0.333. The van der Waals surface area contributed by atoms with Crippen molar-refractivity contribution < 1.29 is 9.18 Å². The van der Waals surface area contributed by atoms with Crippen LogP contribution in [0.3, 0.4) is 0 Å². The molecule has 0 bridgehead atoms. The van der Waals surface area contributed by atoms with Crippen LogP contribution in [0, 0.1) is 17.1 Å². The van der Waals surface area contributed by atoms with Crippen LogP contribution in [0.4, 0.5) is 10.1 Å². The van der Waals surface area contributed by atoms with E-state index in [0.29, 0.717) is 18.5 Å². The lowest BCUT2D eigenvalue weighted by Gasteiger charge is -2.21. The second-order valence-corrected chi connectivity index (χ2v) is 6.81. The Balaban J connectivity index is 1.75. The number of hydrogen-bond donors (Lipinski definition) is 2. The van der Waals surface area contributed by atoms with Crippen molar-refractivity contribution in [3.63, 3.8) is 0 Å². The predicted octanol–water partition coefficient (Wildman–Crippen LogP) is 2.80. The molecule has 27 heavy (non-hydrogen) atoms. The van der Waals surface area contributed by atoms with Gasteiger partial charge in [-0.3, -0.25) is 4.79 Å². The van der Waals surface area contributed by atoms with Crippen LogP contribution in [-0.2, 0) is 4.79 Å².